The highest BCUT2D eigenvalue weighted by atomic mass is 15.1. The Labute approximate surface area is 124 Å². The number of aromatic nitrogens is 3. The van der Waals surface area contributed by atoms with Gasteiger partial charge in [0, 0.05) is 48.0 Å². The average Bonchev–Trinajstić information content (AvgIpc) is 3.20. The van der Waals surface area contributed by atoms with Gasteiger partial charge in [-0.05, 0) is 43.1 Å². The summed E-state index contributed by atoms with van der Waals surface area (Å²) in [5.41, 5.74) is 3.92. The number of aromatic amines is 2. The summed E-state index contributed by atoms with van der Waals surface area (Å²) in [5, 5.41) is 8.58. The largest absolute Gasteiger partial charge is 0.361 e. The minimum atomic E-state index is 0.590. The van der Waals surface area contributed by atoms with Crippen molar-refractivity contribution in [2.24, 2.45) is 0 Å². The summed E-state index contributed by atoms with van der Waals surface area (Å²) in [5.74, 6) is 0.590. The molecule has 0 radical (unpaired) electrons. The van der Waals surface area contributed by atoms with Gasteiger partial charge in [0.1, 0.15) is 0 Å². The first kappa shape index (κ1) is 12.7. The van der Waals surface area contributed by atoms with Gasteiger partial charge >= 0.3 is 0 Å². The van der Waals surface area contributed by atoms with Gasteiger partial charge in [-0.1, -0.05) is 12.1 Å². The summed E-state index contributed by atoms with van der Waals surface area (Å²) in [6.07, 6.45) is 6.40. The molecule has 2 aromatic heterocycles. The van der Waals surface area contributed by atoms with Crippen LogP contribution < -0.4 is 0 Å². The standard InChI is InChI=1S/C17H20N4/c1-3-13(15-6-8-18-17(15)5-1)11-21-10-2-4-14(12-21)16-7-9-19-20-16/h1,3,5-9,14,18H,2,4,10-12H2,(H,19,20). The Morgan fingerprint density at radius 1 is 1.24 bits per heavy atom. The zero-order valence-electron chi connectivity index (χ0n) is 12.0. The lowest BCUT2D eigenvalue weighted by atomic mass is 9.94. The summed E-state index contributed by atoms with van der Waals surface area (Å²) in [4.78, 5) is 5.86. The Morgan fingerprint density at radius 3 is 3.14 bits per heavy atom. The Bertz CT molecular complexity index is 713. The van der Waals surface area contributed by atoms with Crippen LogP contribution in [0.1, 0.15) is 30.0 Å². The fourth-order valence-electron chi connectivity index (χ4n) is 3.48. The van der Waals surface area contributed by atoms with Gasteiger partial charge in [0.25, 0.3) is 0 Å². The molecule has 2 N–H and O–H groups in total. The van der Waals surface area contributed by atoms with E-state index in [2.05, 4.69) is 50.4 Å². The van der Waals surface area contributed by atoms with Crippen LogP contribution in [0.4, 0.5) is 0 Å². The molecule has 4 rings (SSSR count). The number of fused-ring (bicyclic) bond motifs is 1. The van der Waals surface area contributed by atoms with Crippen LogP contribution in [0.3, 0.4) is 0 Å². The Hall–Kier alpha value is -2.07. The molecule has 3 aromatic rings. The smallest absolute Gasteiger partial charge is 0.0490 e. The number of H-pyrrole nitrogens is 2. The van der Waals surface area contributed by atoms with Crippen LogP contribution in [0.25, 0.3) is 10.9 Å². The maximum Gasteiger partial charge on any atom is 0.0490 e. The van der Waals surface area contributed by atoms with Gasteiger partial charge < -0.3 is 4.98 Å². The van der Waals surface area contributed by atoms with Gasteiger partial charge in [0.05, 0.1) is 0 Å². The van der Waals surface area contributed by atoms with Gasteiger partial charge in [-0.2, -0.15) is 5.10 Å². The molecule has 1 atom stereocenters. The van der Waals surface area contributed by atoms with E-state index in [0.29, 0.717) is 5.92 Å². The number of likely N-dealkylation sites (tertiary alicyclic amines) is 1. The minimum absolute atomic E-state index is 0.590. The van der Waals surface area contributed by atoms with Crippen molar-refractivity contribution < 1.29 is 0 Å². The molecule has 3 heterocycles. The molecule has 0 saturated carbocycles. The number of hydrogen-bond acceptors (Lipinski definition) is 2. The number of piperidine rings is 1. The molecule has 0 bridgehead atoms. The zero-order chi connectivity index (χ0) is 14.1. The summed E-state index contributed by atoms with van der Waals surface area (Å²) >= 11 is 0. The van der Waals surface area contributed by atoms with E-state index in [0.717, 1.165) is 13.1 Å². The molecule has 1 aliphatic heterocycles. The Morgan fingerprint density at radius 2 is 2.24 bits per heavy atom. The van der Waals surface area contributed by atoms with Crippen LogP contribution in [0.5, 0.6) is 0 Å². The van der Waals surface area contributed by atoms with Crippen LogP contribution >= 0.6 is 0 Å². The van der Waals surface area contributed by atoms with Crippen molar-refractivity contribution >= 4 is 10.9 Å². The second-order valence-corrected chi connectivity index (χ2v) is 5.94. The minimum Gasteiger partial charge on any atom is -0.361 e. The van der Waals surface area contributed by atoms with E-state index in [1.54, 1.807) is 0 Å². The summed E-state index contributed by atoms with van der Waals surface area (Å²) in [7, 11) is 0. The van der Waals surface area contributed by atoms with Crippen molar-refractivity contribution in [3.8, 4) is 0 Å². The first-order valence-corrected chi connectivity index (χ1v) is 7.67. The first-order valence-electron chi connectivity index (χ1n) is 7.67. The first-order chi connectivity index (χ1) is 10.4. The molecule has 0 amide bonds. The topological polar surface area (TPSA) is 47.7 Å². The quantitative estimate of drug-likeness (QED) is 0.773. The van der Waals surface area contributed by atoms with Gasteiger partial charge in [-0.3, -0.25) is 10.00 Å². The van der Waals surface area contributed by atoms with Crippen LogP contribution in [0.15, 0.2) is 42.7 Å². The van der Waals surface area contributed by atoms with Crippen molar-refractivity contribution in [3.05, 3.63) is 54.0 Å². The molecule has 4 nitrogen and oxygen atoms in total. The van der Waals surface area contributed by atoms with E-state index >= 15 is 0 Å². The van der Waals surface area contributed by atoms with Crippen molar-refractivity contribution in [1.82, 2.24) is 20.1 Å². The van der Waals surface area contributed by atoms with E-state index in [9.17, 15) is 0 Å². The lowest BCUT2D eigenvalue weighted by Gasteiger charge is -2.32. The molecule has 108 valence electrons. The SMILES string of the molecule is c1cc(CN2CCCC(c3ccn[nH]3)C2)c2cc[nH]c2c1. The number of hydrogen-bond donors (Lipinski definition) is 2. The number of rotatable bonds is 3. The van der Waals surface area contributed by atoms with Crippen LogP contribution in [-0.4, -0.2) is 33.2 Å². The van der Waals surface area contributed by atoms with E-state index in [4.69, 9.17) is 0 Å². The second-order valence-electron chi connectivity index (χ2n) is 5.94. The number of nitrogens with zero attached hydrogens (tertiary/aromatic N) is 2. The van der Waals surface area contributed by atoms with Crippen molar-refractivity contribution in [2.45, 2.75) is 25.3 Å². The van der Waals surface area contributed by atoms with Crippen molar-refractivity contribution in [1.29, 1.82) is 0 Å². The third kappa shape index (κ3) is 2.47. The summed E-state index contributed by atoms with van der Waals surface area (Å²) in [6.45, 7) is 3.33. The van der Waals surface area contributed by atoms with Crippen molar-refractivity contribution in [2.75, 3.05) is 13.1 Å². The maximum absolute atomic E-state index is 4.09. The highest BCUT2D eigenvalue weighted by molar-refractivity contribution is 5.82. The number of nitrogens with one attached hydrogen (secondary N) is 2. The lowest BCUT2D eigenvalue weighted by molar-refractivity contribution is 0.199. The van der Waals surface area contributed by atoms with Gasteiger partial charge in [0.15, 0.2) is 0 Å². The normalized spacial score (nSPS) is 20.1. The Balaban J connectivity index is 1.53. The van der Waals surface area contributed by atoms with E-state index < -0.39 is 0 Å². The molecule has 1 unspecified atom stereocenters. The highest BCUT2D eigenvalue weighted by Crippen LogP contribution is 2.27. The molecule has 4 heteroatoms. The lowest BCUT2D eigenvalue weighted by Crippen LogP contribution is -2.34. The van der Waals surface area contributed by atoms with Gasteiger partial charge in [-0.25, -0.2) is 0 Å². The second kappa shape index (κ2) is 5.37. The van der Waals surface area contributed by atoms with E-state index in [1.807, 2.05) is 12.4 Å². The predicted octanol–water partition coefficient (Wildman–Crippen LogP) is 3.27. The molecule has 1 aromatic carbocycles. The molecule has 1 aliphatic rings. The van der Waals surface area contributed by atoms with Gasteiger partial charge in [0.2, 0.25) is 0 Å². The van der Waals surface area contributed by atoms with E-state index in [1.165, 1.54) is 41.5 Å². The molecule has 1 saturated heterocycles. The molecular weight excluding hydrogens is 260 g/mol. The molecule has 1 fully saturated rings. The summed E-state index contributed by atoms with van der Waals surface area (Å²) in [6, 6.07) is 10.8. The van der Waals surface area contributed by atoms with Crippen LogP contribution in [-0.2, 0) is 6.54 Å². The van der Waals surface area contributed by atoms with Gasteiger partial charge in [-0.15, -0.1) is 0 Å². The third-order valence-electron chi connectivity index (χ3n) is 4.55. The van der Waals surface area contributed by atoms with Crippen LogP contribution in [0, 0.1) is 0 Å². The molecule has 0 spiro atoms. The van der Waals surface area contributed by atoms with E-state index in [-0.39, 0.29) is 0 Å². The maximum atomic E-state index is 4.09. The Kier molecular flexibility index (Phi) is 3.24. The third-order valence-corrected chi connectivity index (χ3v) is 4.55. The fraction of sp³-hybridized carbons (Fsp3) is 0.353. The van der Waals surface area contributed by atoms with Crippen LogP contribution in [0.2, 0.25) is 0 Å². The zero-order valence-corrected chi connectivity index (χ0v) is 12.0. The fourth-order valence-corrected chi connectivity index (χ4v) is 3.48. The summed E-state index contributed by atoms with van der Waals surface area (Å²) < 4.78 is 0. The highest BCUT2D eigenvalue weighted by Gasteiger charge is 2.22. The average molecular weight is 280 g/mol. The molecule has 0 aliphatic carbocycles. The molecule has 21 heavy (non-hydrogen) atoms. The van der Waals surface area contributed by atoms with Crippen molar-refractivity contribution in [3.63, 3.8) is 0 Å². The molecular formula is C17H20N4. The monoisotopic (exact) mass is 280 g/mol. The predicted molar refractivity (Wildman–Crippen MR) is 84.1 cm³/mol. The number of benzene rings is 1.